The smallest absolute Gasteiger partial charge is 0.265 e. The lowest BCUT2D eigenvalue weighted by Crippen LogP contribution is -2.46. The molecule has 0 aromatic heterocycles. The standard InChI is InChI=1S/C9H14N2O2/c1-6(10-2)9(13)11-8-3-7(4-8)5-12/h5,7-8H,3-4H2,1-2H3,(H,11,13). The number of aldehydes is 1. The molecule has 1 rings (SSSR count). The minimum absolute atomic E-state index is 0.128. The summed E-state index contributed by atoms with van der Waals surface area (Å²) >= 11 is 0. The third-order valence-electron chi connectivity index (χ3n) is 2.37. The number of rotatable bonds is 3. The maximum atomic E-state index is 11.2. The number of amides is 1. The molecule has 0 aliphatic heterocycles. The van der Waals surface area contributed by atoms with E-state index in [0.717, 1.165) is 19.1 Å². The van der Waals surface area contributed by atoms with Crippen molar-refractivity contribution in [3.05, 3.63) is 0 Å². The molecule has 0 heterocycles. The highest BCUT2D eigenvalue weighted by atomic mass is 16.2. The second-order valence-corrected chi connectivity index (χ2v) is 3.35. The Morgan fingerprint density at radius 2 is 2.15 bits per heavy atom. The summed E-state index contributed by atoms with van der Waals surface area (Å²) in [6, 6.07) is 0.166. The topological polar surface area (TPSA) is 58.5 Å². The summed E-state index contributed by atoms with van der Waals surface area (Å²) in [5.74, 6) is 0.0148. The highest BCUT2D eigenvalue weighted by Crippen LogP contribution is 2.24. The molecule has 4 heteroatoms. The van der Waals surface area contributed by atoms with Gasteiger partial charge >= 0.3 is 0 Å². The van der Waals surface area contributed by atoms with Crippen molar-refractivity contribution in [3.63, 3.8) is 0 Å². The Labute approximate surface area is 77.4 Å². The second kappa shape index (κ2) is 4.16. The van der Waals surface area contributed by atoms with Crippen LogP contribution in [0.5, 0.6) is 0 Å². The summed E-state index contributed by atoms with van der Waals surface area (Å²) in [6.45, 7) is 1.67. The zero-order valence-corrected chi connectivity index (χ0v) is 7.91. The number of carbonyl (C=O) groups excluding carboxylic acids is 2. The third-order valence-corrected chi connectivity index (χ3v) is 2.37. The molecule has 1 N–H and O–H groups in total. The van der Waals surface area contributed by atoms with Crippen molar-refractivity contribution in [1.29, 1.82) is 0 Å². The van der Waals surface area contributed by atoms with Crippen LogP contribution in [0.3, 0.4) is 0 Å². The van der Waals surface area contributed by atoms with E-state index in [9.17, 15) is 9.59 Å². The summed E-state index contributed by atoms with van der Waals surface area (Å²) < 4.78 is 0. The van der Waals surface area contributed by atoms with Crippen LogP contribution in [-0.4, -0.2) is 31.0 Å². The summed E-state index contributed by atoms with van der Waals surface area (Å²) in [7, 11) is 1.59. The lowest BCUT2D eigenvalue weighted by molar-refractivity contribution is -0.119. The minimum atomic E-state index is -0.128. The zero-order valence-electron chi connectivity index (χ0n) is 7.91. The van der Waals surface area contributed by atoms with E-state index in [2.05, 4.69) is 10.3 Å². The molecule has 0 atom stereocenters. The quantitative estimate of drug-likeness (QED) is 0.499. The Hall–Kier alpha value is -1.19. The maximum Gasteiger partial charge on any atom is 0.265 e. The van der Waals surface area contributed by atoms with E-state index in [1.165, 1.54) is 0 Å². The molecule has 0 bridgehead atoms. The van der Waals surface area contributed by atoms with Crippen molar-refractivity contribution in [2.45, 2.75) is 25.8 Å². The number of aliphatic imine (C=N–C) groups is 1. The molecule has 72 valence electrons. The molecule has 1 fully saturated rings. The van der Waals surface area contributed by atoms with E-state index in [1.54, 1.807) is 14.0 Å². The SMILES string of the molecule is CN=C(C)C(=O)NC1CC(C=O)C1. The van der Waals surface area contributed by atoms with Crippen molar-refractivity contribution < 1.29 is 9.59 Å². The monoisotopic (exact) mass is 182 g/mol. The molecule has 0 radical (unpaired) electrons. The van der Waals surface area contributed by atoms with E-state index >= 15 is 0 Å². The van der Waals surface area contributed by atoms with Crippen molar-refractivity contribution in [2.24, 2.45) is 10.9 Å². The first-order chi connectivity index (χ1) is 6.17. The highest BCUT2D eigenvalue weighted by Gasteiger charge is 2.29. The first-order valence-electron chi connectivity index (χ1n) is 4.37. The lowest BCUT2D eigenvalue weighted by Gasteiger charge is -2.31. The first-order valence-corrected chi connectivity index (χ1v) is 4.37. The summed E-state index contributed by atoms with van der Waals surface area (Å²) in [5, 5.41) is 2.80. The molecule has 1 aliphatic rings. The molecule has 0 unspecified atom stereocenters. The van der Waals surface area contributed by atoms with Crippen LogP contribution in [0.4, 0.5) is 0 Å². The predicted molar refractivity (Wildman–Crippen MR) is 49.8 cm³/mol. The Morgan fingerprint density at radius 1 is 1.54 bits per heavy atom. The molecule has 0 aromatic rings. The summed E-state index contributed by atoms with van der Waals surface area (Å²) in [4.78, 5) is 25.3. The van der Waals surface area contributed by atoms with Crippen LogP contribution in [0.1, 0.15) is 19.8 Å². The molecule has 0 saturated heterocycles. The van der Waals surface area contributed by atoms with Crippen LogP contribution in [0.2, 0.25) is 0 Å². The molecule has 0 spiro atoms. The fraction of sp³-hybridized carbons (Fsp3) is 0.667. The van der Waals surface area contributed by atoms with Crippen LogP contribution < -0.4 is 5.32 Å². The molecule has 13 heavy (non-hydrogen) atoms. The van der Waals surface area contributed by atoms with Crippen molar-refractivity contribution >= 4 is 17.9 Å². The van der Waals surface area contributed by atoms with Gasteiger partial charge in [0.05, 0.1) is 5.71 Å². The van der Waals surface area contributed by atoms with Gasteiger partial charge in [0.2, 0.25) is 0 Å². The van der Waals surface area contributed by atoms with Crippen LogP contribution >= 0.6 is 0 Å². The predicted octanol–water partition coefficient (Wildman–Crippen LogP) is 0.171. The van der Waals surface area contributed by atoms with Gasteiger partial charge < -0.3 is 10.1 Å². The first kappa shape index (κ1) is 9.89. The Bertz CT molecular complexity index is 242. The number of nitrogens with one attached hydrogen (secondary N) is 1. The molecule has 1 saturated carbocycles. The summed E-state index contributed by atoms with van der Waals surface area (Å²) in [5.41, 5.74) is 0.481. The van der Waals surface area contributed by atoms with Gasteiger partial charge in [-0.25, -0.2) is 0 Å². The third kappa shape index (κ3) is 2.37. The molecular formula is C9H14N2O2. The van der Waals surface area contributed by atoms with Crippen LogP contribution in [0, 0.1) is 5.92 Å². The van der Waals surface area contributed by atoms with Gasteiger partial charge in [-0.05, 0) is 19.8 Å². The number of nitrogens with zero attached hydrogens (tertiary/aromatic N) is 1. The largest absolute Gasteiger partial charge is 0.348 e. The van der Waals surface area contributed by atoms with Gasteiger partial charge in [0.25, 0.3) is 5.91 Å². The van der Waals surface area contributed by atoms with Crippen LogP contribution in [-0.2, 0) is 9.59 Å². The van der Waals surface area contributed by atoms with Gasteiger partial charge in [0, 0.05) is 19.0 Å². The average molecular weight is 182 g/mol. The number of hydrogen-bond donors (Lipinski definition) is 1. The molecule has 4 nitrogen and oxygen atoms in total. The normalized spacial score (nSPS) is 27.7. The fourth-order valence-corrected chi connectivity index (χ4v) is 1.28. The van der Waals surface area contributed by atoms with Crippen molar-refractivity contribution in [1.82, 2.24) is 5.32 Å². The van der Waals surface area contributed by atoms with Crippen molar-refractivity contribution in [2.75, 3.05) is 7.05 Å². The Kier molecular flexibility index (Phi) is 3.17. The van der Waals surface area contributed by atoms with Gasteiger partial charge in [-0.15, -0.1) is 0 Å². The van der Waals surface area contributed by atoms with E-state index < -0.39 is 0 Å². The van der Waals surface area contributed by atoms with Gasteiger partial charge in [-0.1, -0.05) is 0 Å². The van der Waals surface area contributed by atoms with Crippen molar-refractivity contribution in [3.8, 4) is 0 Å². The lowest BCUT2D eigenvalue weighted by atomic mass is 9.81. The summed E-state index contributed by atoms with van der Waals surface area (Å²) in [6.07, 6.45) is 2.49. The number of carbonyl (C=O) groups is 2. The van der Waals surface area contributed by atoms with Gasteiger partial charge in [0.15, 0.2) is 0 Å². The molecule has 0 aromatic carbocycles. The van der Waals surface area contributed by atoms with E-state index in [1.807, 2.05) is 0 Å². The zero-order chi connectivity index (χ0) is 9.84. The molecule has 1 amide bonds. The highest BCUT2D eigenvalue weighted by molar-refractivity contribution is 6.37. The Balaban J connectivity index is 2.28. The van der Waals surface area contributed by atoms with Crippen LogP contribution in [0.15, 0.2) is 4.99 Å². The average Bonchev–Trinajstić information content (AvgIpc) is 2.08. The number of hydrogen-bond acceptors (Lipinski definition) is 3. The van der Waals surface area contributed by atoms with E-state index in [4.69, 9.17) is 0 Å². The fourth-order valence-electron chi connectivity index (χ4n) is 1.28. The van der Waals surface area contributed by atoms with E-state index in [-0.39, 0.29) is 17.9 Å². The van der Waals surface area contributed by atoms with Gasteiger partial charge in [-0.2, -0.15) is 0 Å². The second-order valence-electron chi connectivity index (χ2n) is 3.35. The molecular weight excluding hydrogens is 168 g/mol. The Morgan fingerprint density at radius 3 is 2.62 bits per heavy atom. The van der Waals surface area contributed by atoms with Crippen LogP contribution in [0.25, 0.3) is 0 Å². The van der Waals surface area contributed by atoms with Gasteiger partial charge in [0.1, 0.15) is 6.29 Å². The van der Waals surface area contributed by atoms with E-state index in [0.29, 0.717) is 5.71 Å². The minimum Gasteiger partial charge on any atom is -0.348 e. The van der Waals surface area contributed by atoms with Gasteiger partial charge in [-0.3, -0.25) is 9.79 Å². The maximum absolute atomic E-state index is 11.2. The molecule has 1 aliphatic carbocycles.